The van der Waals surface area contributed by atoms with Crippen LogP contribution in [0.15, 0.2) is 48.8 Å². The van der Waals surface area contributed by atoms with E-state index < -0.39 is 11.4 Å². The molecule has 1 aromatic heterocycles. The zero-order chi connectivity index (χ0) is 20.9. The molecule has 1 aliphatic carbocycles. The number of para-hydroxylation sites is 1. The summed E-state index contributed by atoms with van der Waals surface area (Å²) >= 11 is 0. The number of amides is 2. The molecule has 1 aliphatic rings. The number of carbonyl (C=O) groups excluding carboxylic acids is 3. The summed E-state index contributed by atoms with van der Waals surface area (Å²) < 4.78 is 5.04. The smallest absolute Gasteiger partial charge is 0.340 e. The van der Waals surface area contributed by atoms with E-state index >= 15 is 0 Å². The number of hydrogen-bond donors (Lipinski definition) is 1. The maximum atomic E-state index is 13.0. The number of ether oxygens (including phenoxy) is 1. The summed E-state index contributed by atoms with van der Waals surface area (Å²) in [5.74, 6) is -1.08. The number of rotatable bonds is 8. The Morgan fingerprint density at radius 3 is 2.48 bits per heavy atom. The van der Waals surface area contributed by atoms with E-state index in [4.69, 9.17) is 4.74 Å². The average molecular weight is 395 g/mol. The van der Waals surface area contributed by atoms with E-state index in [1.807, 2.05) is 12.1 Å². The molecule has 3 rings (SSSR count). The van der Waals surface area contributed by atoms with Crippen LogP contribution in [0.3, 0.4) is 0 Å². The first-order valence-electron chi connectivity index (χ1n) is 9.70. The molecule has 0 aliphatic heterocycles. The molecule has 1 fully saturated rings. The molecule has 2 aromatic rings. The lowest BCUT2D eigenvalue weighted by atomic mass is 10.0. The number of pyridine rings is 1. The molecule has 152 valence electrons. The molecule has 1 aromatic carbocycles. The van der Waals surface area contributed by atoms with E-state index in [9.17, 15) is 14.4 Å². The summed E-state index contributed by atoms with van der Waals surface area (Å²) in [5.41, 5.74) is 0.651. The first-order valence-corrected chi connectivity index (χ1v) is 9.70. The third-order valence-corrected chi connectivity index (χ3v) is 5.10. The minimum atomic E-state index is -1.06. The van der Waals surface area contributed by atoms with Crippen molar-refractivity contribution in [3.8, 4) is 0 Å². The third kappa shape index (κ3) is 4.62. The normalized spacial score (nSPS) is 14.0. The van der Waals surface area contributed by atoms with Gasteiger partial charge in [0, 0.05) is 26.0 Å². The summed E-state index contributed by atoms with van der Waals surface area (Å²) in [4.78, 5) is 43.6. The summed E-state index contributed by atoms with van der Waals surface area (Å²) in [6.45, 7) is 2.47. The molecule has 0 atom stereocenters. The Morgan fingerprint density at radius 2 is 1.83 bits per heavy atom. The first-order chi connectivity index (χ1) is 14.0. The molecule has 0 saturated heterocycles. The van der Waals surface area contributed by atoms with Crippen LogP contribution in [0.25, 0.3) is 0 Å². The van der Waals surface area contributed by atoms with Crippen molar-refractivity contribution in [3.05, 3.63) is 59.9 Å². The lowest BCUT2D eigenvalue weighted by molar-refractivity contribution is -0.141. The van der Waals surface area contributed by atoms with Crippen LogP contribution in [-0.4, -0.2) is 47.9 Å². The van der Waals surface area contributed by atoms with Crippen molar-refractivity contribution in [2.75, 3.05) is 25.5 Å². The van der Waals surface area contributed by atoms with Gasteiger partial charge in [0.2, 0.25) is 11.8 Å². The molecule has 1 N–H and O–H groups in total. The minimum Gasteiger partial charge on any atom is -0.462 e. The van der Waals surface area contributed by atoms with Crippen LogP contribution in [0.4, 0.5) is 5.69 Å². The SMILES string of the molecule is CCOC(=O)c1ccccc1NC(=O)C1(C(=O)N(C)CCc2ccncc2)CC1. The lowest BCUT2D eigenvalue weighted by Gasteiger charge is -2.23. The fourth-order valence-corrected chi connectivity index (χ4v) is 3.20. The molecule has 1 saturated carbocycles. The lowest BCUT2D eigenvalue weighted by Crippen LogP contribution is -2.42. The Balaban J connectivity index is 1.66. The van der Waals surface area contributed by atoms with Crippen LogP contribution >= 0.6 is 0 Å². The third-order valence-electron chi connectivity index (χ3n) is 5.10. The molecule has 0 bridgehead atoms. The number of carbonyl (C=O) groups is 3. The minimum absolute atomic E-state index is 0.197. The van der Waals surface area contributed by atoms with E-state index in [0.717, 1.165) is 5.56 Å². The van der Waals surface area contributed by atoms with Gasteiger partial charge in [0.25, 0.3) is 0 Å². The maximum absolute atomic E-state index is 13.0. The van der Waals surface area contributed by atoms with E-state index in [-0.39, 0.29) is 24.0 Å². The molecular formula is C22H25N3O4. The van der Waals surface area contributed by atoms with Gasteiger partial charge in [0.15, 0.2) is 0 Å². The molecule has 0 unspecified atom stereocenters. The van der Waals surface area contributed by atoms with Crippen molar-refractivity contribution in [3.63, 3.8) is 0 Å². The summed E-state index contributed by atoms with van der Waals surface area (Å²) in [5, 5.41) is 2.77. The first kappa shape index (κ1) is 20.5. The molecule has 29 heavy (non-hydrogen) atoms. The number of nitrogens with zero attached hydrogens (tertiary/aromatic N) is 2. The van der Waals surface area contributed by atoms with Crippen LogP contribution in [0, 0.1) is 5.41 Å². The highest BCUT2D eigenvalue weighted by Gasteiger charge is 2.57. The van der Waals surface area contributed by atoms with Gasteiger partial charge in [-0.15, -0.1) is 0 Å². The van der Waals surface area contributed by atoms with Gasteiger partial charge in [0.05, 0.1) is 17.9 Å². The van der Waals surface area contributed by atoms with E-state index in [2.05, 4.69) is 10.3 Å². The van der Waals surface area contributed by atoms with Gasteiger partial charge in [0.1, 0.15) is 5.41 Å². The summed E-state index contributed by atoms with van der Waals surface area (Å²) in [6, 6.07) is 10.5. The van der Waals surface area contributed by atoms with Crippen molar-refractivity contribution in [1.82, 2.24) is 9.88 Å². The molecule has 2 amide bonds. The van der Waals surface area contributed by atoms with Crippen LogP contribution < -0.4 is 5.32 Å². The Labute approximate surface area is 170 Å². The van der Waals surface area contributed by atoms with Gasteiger partial charge in [-0.1, -0.05) is 12.1 Å². The van der Waals surface area contributed by atoms with Gasteiger partial charge in [-0.3, -0.25) is 14.6 Å². The standard InChI is InChI=1S/C22H25N3O4/c1-3-29-19(26)17-6-4-5-7-18(17)24-20(27)22(11-12-22)21(28)25(2)15-10-16-8-13-23-14-9-16/h4-9,13-14H,3,10-12,15H2,1-2H3,(H,24,27). The fourth-order valence-electron chi connectivity index (χ4n) is 3.20. The molecule has 7 heteroatoms. The zero-order valence-electron chi connectivity index (χ0n) is 16.7. The highest BCUT2D eigenvalue weighted by atomic mass is 16.5. The van der Waals surface area contributed by atoms with E-state index in [0.29, 0.717) is 31.5 Å². The Kier molecular flexibility index (Phi) is 6.26. The van der Waals surface area contributed by atoms with Crippen molar-refractivity contribution >= 4 is 23.5 Å². The number of benzene rings is 1. The Hall–Kier alpha value is -3.22. The number of aromatic nitrogens is 1. The Morgan fingerprint density at radius 1 is 1.14 bits per heavy atom. The van der Waals surface area contributed by atoms with Gasteiger partial charge < -0.3 is 15.0 Å². The molecule has 0 radical (unpaired) electrons. The monoisotopic (exact) mass is 395 g/mol. The second-order valence-corrected chi connectivity index (χ2v) is 7.13. The van der Waals surface area contributed by atoms with Gasteiger partial charge in [-0.05, 0) is 56.0 Å². The van der Waals surface area contributed by atoms with Crippen molar-refractivity contribution in [1.29, 1.82) is 0 Å². The van der Waals surface area contributed by atoms with Crippen LogP contribution in [0.1, 0.15) is 35.7 Å². The number of nitrogens with one attached hydrogen (secondary N) is 1. The largest absolute Gasteiger partial charge is 0.462 e. The zero-order valence-corrected chi connectivity index (χ0v) is 16.7. The second-order valence-electron chi connectivity index (χ2n) is 7.13. The molecule has 0 spiro atoms. The quantitative estimate of drug-likeness (QED) is 0.548. The summed E-state index contributed by atoms with van der Waals surface area (Å²) in [6.07, 6.45) is 5.12. The van der Waals surface area contributed by atoms with Crippen molar-refractivity contribution in [2.24, 2.45) is 5.41 Å². The van der Waals surface area contributed by atoms with E-state index in [1.54, 1.807) is 55.5 Å². The van der Waals surface area contributed by atoms with Gasteiger partial charge in [-0.25, -0.2) is 4.79 Å². The number of esters is 1. The van der Waals surface area contributed by atoms with Crippen LogP contribution in [-0.2, 0) is 20.7 Å². The van der Waals surface area contributed by atoms with Crippen LogP contribution in [0.5, 0.6) is 0 Å². The highest BCUT2D eigenvalue weighted by molar-refractivity contribution is 6.14. The van der Waals surface area contributed by atoms with Crippen molar-refractivity contribution in [2.45, 2.75) is 26.2 Å². The molecular weight excluding hydrogens is 370 g/mol. The highest BCUT2D eigenvalue weighted by Crippen LogP contribution is 2.48. The van der Waals surface area contributed by atoms with E-state index in [1.165, 1.54) is 0 Å². The predicted octanol–water partition coefficient (Wildman–Crippen LogP) is 2.68. The average Bonchev–Trinajstić information content (AvgIpc) is 3.55. The topological polar surface area (TPSA) is 88.6 Å². The molecule has 7 nitrogen and oxygen atoms in total. The second kappa shape index (κ2) is 8.86. The molecule has 1 heterocycles. The Bertz CT molecular complexity index is 894. The summed E-state index contributed by atoms with van der Waals surface area (Å²) in [7, 11) is 1.71. The van der Waals surface area contributed by atoms with Gasteiger partial charge >= 0.3 is 5.97 Å². The van der Waals surface area contributed by atoms with Crippen molar-refractivity contribution < 1.29 is 19.1 Å². The predicted molar refractivity (Wildman–Crippen MR) is 108 cm³/mol. The van der Waals surface area contributed by atoms with Crippen LogP contribution in [0.2, 0.25) is 0 Å². The number of hydrogen-bond acceptors (Lipinski definition) is 5. The fraction of sp³-hybridized carbons (Fsp3) is 0.364. The number of anilines is 1. The number of likely N-dealkylation sites (N-methyl/N-ethyl adjacent to an activating group) is 1. The van der Waals surface area contributed by atoms with Gasteiger partial charge in [-0.2, -0.15) is 0 Å². The maximum Gasteiger partial charge on any atom is 0.340 e.